The summed E-state index contributed by atoms with van der Waals surface area (Å²) in [6.45, 7) is 1.01. The van der Waals surface area contributed by atoms with Gasteiger partial charge in [0.1, 0.15) is 11.6 Å². The van der Waals surface area contributed by atoms with Gasteiger partial charge in [-0.1, -0.05) is 18.2 Å². The second-order valence-electron chi connectivity index (χ2n) is 6.02. The number of ether oxygens (including phenoxy) is 1. The molecule has 4 nitrogen and oxygen atoms in total. The van der Waals surface area contributed by atoms with E-state index in [1.165, 1.54) is 12.1 Å². The summed E-state index contributed by atoms with van der Waals surface area (Å²) < 4.78 is 18.6. The van der Waals surface area contributed by atoms with Crippen molar-refractivity contribution in [1.82, 2.24) is 4.90 Å². The summed E-state index contributed by atoms with van der Waals surface area (Å²) in [7, 11) is 1.62. The highest BCUT2D eigenvalue weighted by Crippen LogP contribution is 2.35. The Hall–Kier alpha value is -2.42. The number of β-amino-alcohol motifs (C(OH)–C–C–N with tert-alkyl or cyclic N) is 1. The number of aliphatic hydroxyl groups excluding tert-OH is 1. The van der Waals surface area contributed by atoms with E-state index >= 15 is 0 Å². The largest absolute Gasteiger partial charge is 0.497 e. The minimum atomic E-state index is -0.424. The number of rotatable bonds is 4. The van der Waals surface area contributed by atoms with Gasteiger partial charge in [0.15, 0.2) is 0 Å². The lowest BCUT2D eigenvalue weighted by Gasteiger charge is -2.25. The molecule has 1 saturated heterocycles. The summed E-state index contributed by atoms with van der Waals surface area (Å²) in [5.41, 5.74) is 2.16. The minimum absolute atomic E-state index is 0.0340. The first kappa shape index (κ1) is 16.4. The first-order valence-corrected chi connectivity index (χ1v) is 7.85. The van der Waals surface area contributed by atoms with Crippen LogP contribution in [0.15, 0.2) is 42.5 Å². The zero-order valence-corrected chi connectivity index (χ0v) is 13.4. The Labute approximate surface area is 140 Å². The van der Waals surface area contributed by atoms with Crippen LogP contribution < -0.4 is 4.74 Å². The topological polar surface area (TPSA) is 56.5 Å². The van der Waals surface area contributed by atoms with Crippen LogP contribution in [0.5, 0.6) is 5.75 Å². The normalized spacial score (nSPS) is 20.8. The molecule has 2 unspecified atom stereocenters. The fraction of sp³-hybridized carbons (Fsp3) is 0.316. The highest BCUT2D eigenvalue weighted by Gasteiger charge is 2.32. The molecule has 1 N–H and O–H groups in total. The second-order valence-corrected chi connectivity index (χ2v) is 6.02. The van der Waals surface area contributed by atoms with E-state index in [1.807, 2.05) is 30.3 Å². The SMILES string of the molecule is COc1cccc(C2CC(O)CN2Cc2ccc(F)cc2C#N)c1. The number of hydrogen-bond acceptors (Lipinski definition) is 4. The number of nitriles is 1. The van der Waals surface area contributed by atoms with E-state index in [4.69, 9.17) is 4.74 Å². The van der Waals surface area contributed by atoms with Crippen LogP contribution in [0.25, 0.3) is 0 Å². The maximum atomic E-state index is 13.3. The fourth-order valence-electron chi connectivity index (χ4n) is 3.26. The predicted molar refractivity (Wildman–Crippen MR) is 87.9 cm³/mol. The van der Waals surface area contributed by atoms with Crippen LogP contribution in [0.1, 0.15) is 29.2 Å². The van der Waals surface area contributed by atoms with E-state index in [-0.39, 0.29) is 6.04 Å². The van der Waals surface area contributed by atoms with Crippen LogP contribution in [0.4, 0.5) is 4.39 Å². The summed E-state index contributed by atoms with van der Waals surface area (Å²) in [5, 5.41) is 19.3. The monoisotopic (exact) mass is 326 g/mol. The molecule has 1 heterocycles. The van der Waals surface area contributed by atoms with Crippen LogP contribution in [-0.2, 0) is 6.54 Å². The number of halogens is 1. The maximum Gasteiger partial charge on any atom is 0.124 e. The van der Waals surface area contributed by atoms with Gasteiger partial charge in [0, 0.05) is 19.1 Å². The smallest absolute Gasteiger partial charge is 0.124 e. The van der Waals surface area contributed by atoms with E-state index < -0.39 is 11.9 Å². The fourth-order valence-corrected chi connectivity index (χ4v) is 3.26. The Kier molecular flexibility index (Phi) is 4.79. The summed E-state index contributed by atoms with van der Waals surface area (Å²) >= 11 is 0. The molecule has 2 atom stereocenters. The molecule has 0 radical (unpaired) electrons. The molecule has 0 aliphatic carbocycles. The van der Waals surface area contributed by atoms with Gasteiger partial charge in [-0.3, -0.25) is 4.90 Å². The lowest BCUT2D eigenvalue weighted by Crippen LogP contribution is -2.24. The van der Waals surface area contributed by atoms with Crippen LogP contribution in [0.2, 0.25) is 0 Å². The summed E-state index contributed by atoms with van der Waals surface area (Å²) in [6, 6.07) is 14.1. The quantitative estimate of drug-likeness (QED) is 0.938. The number of likely N-dealkylation sites (tertiary alicyclic amines) is 1. The number of methoxy groups -OCH3 is 1. The van der Waals surface area contributed by atoms with Crippen molar-refractivity contribution < 1.29 is 14.2 Å². The Morgan fingerprint density at radius 3 is 2.92 bits per heavy atom. The van der Waals surface area contributed by atoms with Crippen LogP contribution in [0.3, 0.4) is 0 Å². The number of nitrogens with zero attached hydrogens (tertiary/aromatic N) is 2. The average molecular weight is 326 g/mol. The van der Waals surface area contributed by atoms with E-state index in [2.05, 4.69) is 4.90 Å². The Morgan fingerprint density at radius 1 is 1.33 bits per heavy atom. The molecule has 0 amide bonds. The van der Waals surface area contributed by atoms with Gasteiger partial charge in [0.25, 0.3) is 0 Å². The average Bonchev–Trinajstić information content (AvgIpc) is 2.97. The van der Waals surface area contributed by atoms with Crippen molar-refractivity contribution in [3.05, 3.63) is 65.0 Å². The van der Waals surface area contributed by atoms with Gasteiger partial charge in [-0.2, -0.15) is 5.26 Å². The molecular weight excluding hydrogens is 307 g/mol. The Balaban J connectivity index is 1.87. The molecule has 1 aliphatic rings. The van der Waals surface area contributed by atoms with Crippen LogP contribution in [-0.4, -0.2) is 29.8 Å². The lowest BCUT2D eigenvalue weighted by atomic mass is 10.0. The summed E-state index contributed by atoms with van der Waals surface area (Å²) in [5.74, 6) is 0.356. The zero-order chi connectivity index (χ0) is 17.1. The zero-order valence-electron chi connectivity index (χ0n) is 13.4. The van der Waals surface area contributed by atoms with Gasteiger partial charge >= 0.3 is 0 Å². The molecule has 124 valence electrons. The number of benzene rings is 2. The molecule has 0 spiro atoms. The minimum Gasteiger partial charge on any atom is -0.497 e. The van der Waals surface area contributed by atoms with E-state index in [9.17, 15) is 14.8 Å². The van der Waals surface area contributed by atoms with Gasteiger partial charge in [-0.25, -0.2) is 4.39 Å². The maximum absolute atomic E-state index is 13.3. The standard InChI is InChI=1S/C19H19FN2O2/c1-24-18-4-2-3-13(8-18)19-9-17(23)12-22(19)11-14-5-6-16(20)7-15(14)10-21/h2-8,17,19,23H,9,11-12H2,1H3. The summed E-state index contributed by atoms with van der Waals surface area (Å²) in [6.07, 6.45) is 0.197. The van der Waals surface area contributed by atoms with Gasteiger partial charge in [0.2, 0.25) is 0 Å². The molecule has 0 saturated carbocycles. The molecular formula is C19H19FN2O2. The Bertz CT molecular complexity index is 772. The van der Waals surface area contributed by atoms with Crippen molar-refractivity contribution in [2.45, 2.75) is 25.1 Å². The molecule has 3 rings (SSSR count). The second kappa shape index (κ2) is 7.00. The highest BCUT2D eigenvalue weighted by molar-refractivity contribution is 5.38. The van der Waals surface area contributed by atoms with Crippen LogP contribution >= 0.6 is 0 Å². The molecule has 2 aromatic rings. The Morgan fingerprint density at radius 2 is 2.17 bits per heavy atom. The van der Waals surface area contributed by atoms with Crippen molar-refractivity contribution >= 4 is 0 Å². The molecule has 0 bridgehead atoms. The molecule has 1 aliphatic heterocycles. The van der Waals surface area contributed by atoms with Crippen molar-refractivity contribution in [2.24, 2.45) is 0 Å². The first-order valence-electron chi connectivity index (χ1n) is 7.85. The van der Waals surface area contributed by atoms with Gasteiger partial charge < -0.3 is 9.84 Å². The molecule has 1 fully saturated rings. The van der Waals surface area contributed by atoms with Crippen molar-refractivity contribution in [1.29, 1.82) is 5.26 Å². The van der Waals surface area contributed by atoms with E-state index in [0.717, 1.165) is 16.9 Å². The first-order chi connectivity index (χ1) is 11.6. The highest BCUT2D eigenvalue weighted by atomic mass is 19.1. The molecule has 2 aromatic carbocycles. The van der Waals surface area contributed by atoms with Crippen molar-refractivity contribution in [3.63, 3.8) is 0 Å². The van der Waals surface area contributed by atoms with E-state index in [0.29, 0.717) is 25.1 Å². The molecule has 0 aromatic heterocycles. The third-order valence-corrected chi connectivity index (χ3v) is 4.43. The lowest BCUT2D eigenvalue weighted by molar-refractivity contribution is 0.172. The van der Waals surface area contributed by atoms with Crippen molar-refractivity contribution in [3.8, 4) is 11.8 Å². The third-order valence-electron chi connectivity index (χ3n) is 4.43. The van der Waals surface area contributed by atoms with Gasteiger partial charge in [-0.05, 0) is 41.8 Å². The van der Waals surface area contributed by atoms with Gasteiger partial charge in [-0.15, -0.1) is 0 Å². The van der Waals surface area contributed by atoms with Crippen LogP contribution in [0, 0.1) is 17.1 Å². The summed E-state index contributed by atoms with van der Waals surface area (Å²) in [4.78, 5) is 2.12. The number of hydrogen-bond donors (Lipinski definition) is 1. The molecule has 5 heteroatoms. The predicted octanol–water partition coefficient (Wildman–Crippen LogP) is 3.01. The number of aliphatic hydroxyl groups is 1. The third kappa shape index (κ3) is 3.40. The van der Waals surface area contributed by atoms with Crippen molar-refractivity contribution in [2.75, 3.05) is 13.7 Å². The van der Waals surface area contributed by atoms with Gasteiger partial charge in [0.05, 0.1) is 24.8 Å². The van der Waals surface area contributed by atoms with E-state index in [1.54, 1.807) is 13.2 Å². The molecule has 24 heavy (non-hydrogen) atoms.